The SMILES string of the molecule is CSC1CC(Oc2ncc(C(C)N)c3cc(Nc4ccc5c(n4)C(C)COC5=O)ncc23)C1. The second-order valence-electron chi connectivity index (χ2n) is 8.75. The van der Waals surface area contributed by atoms with Gasteiger partial charge >= 0.3 is 5.97 Å². The van der Waals surface area contributed by atoms with Crippen LogP contribution in [0.25, 0.3) is 10.8 Å². The molecule has 3 N–H and O–H groups in total. The van der Waals surface area contributed by atoms with Crippen molar-refractivity contribution in [2.24, 2.45) is 5.73 Å². The zero-order valence-corrected chi connectivity index (χ0v) is 19.7. The van der Waals surface area contributed by atoms with E-state index in [0.717, 1.165) is 34.9 Å². The number of nitrogens with two attached hydrogens (primary N) is 1. The van der Waals surface area contributed by atoms with Crippen LogP contribution in [0.1, 0.15) is 60.3 Å². The van der Waals surface area contributed by atoms with E-state index in [0.29, 0.717) is 34.9 Å². The summed E-state index contributed by atoms with van der Waals surface area (Å²) < 4.78 is 11.4. The first-order valence-electron chi connectivity index (χ1n) is 11.1. The van der Waals surface area contributed by atoms with Gasteiger partial charge in [0.25, 0.3) is 0 Å². The molecule has 2 aliphatic rings. The predicted molar refractivity (Wildman–Crippen MR) is 129 cm³/mol. The molecule has 2 atom stereocenters. The van der Waals surface area contributed by atoms with Crippen molar-refractivity contribution < 1.29 is 14.3 Å². The molecule has 4 heterocycles. The van der Waals surface area contributed by atoms with Crippen LogP contribution in [0.15, 0.2) is 30.6 Å². The predicted octanol–water partition coefficient (Wildman–Crippen LogP) is 4.33. The lowest BCUT2D eigenvalue weighted by Crippen LogP contribution is -2.35. The number of aromatic nitrogens is 3. The molecular formula is C24H27N5O3S. The maximum atomic E-state index is 12.0. The number of ether oxygens (including phenoxy) is 2. The molecule has 2 unspecified atom stereocenters. The van der Waals surface area contributed by atoms with Gasteiger partial charge in [-0.25, -0.2) is 19.7 Å². The summed E-state index contributed by atoms with van der Waals surface area (Å²) in [4.78, 5) is 25.8. The molecule has 3 aromatic heterocycles. The van der Waals surface area contributed by atoms with Gasteiger partial charge in [-0.3, -0.25) is 0 Å². The Morgan fingerprint density at radius 2 is 2.03 bits per heavy atom. The molecule has 33 heavy (non-hydrogen) atoms. The summed E-state index contributed by atoms with van der Waals surface area (Å²) in [5.41, 5.74) is 8.40. The smallest absolute Gasteiger partial charge is 0.340 e. The monoisotopic (exact) mass is 465 g/mol. The van der Waals surface area contributed by atoms with Gasteiger partial charge in [0.05, 0.1) is 23.3 Å². The van der Waals surface area contributed by atoms with Crippen molar-refractivity contribution in [3.8, 4) is 5.88 Å². The average molecular weight is 466 g/mol. The Labute approximate surface area is 196 Å². The number of nitrogens with one attached hydrogen (secondary N) is 1. The maximum Gasteiger partial charge on any atom is 0.340 e. The Morgan fingerprint density at radius 3 is 2.79 bits per heavy atom. The van der Waals surface area contributed by atoms with E-state index in [9.17, 15) is 4.79 Å². The van der Waals surface area contributed by atoms with Gasteiger partial charge in [-0.15, -0.1) is 0 Å². The van der Waals surface area contributed by atoms with E-state index in [-0.39, 0.29) is 24.0 Å². The fraction of sp³-hybridized carbons (Fsp3) is 0.417. The van der Waals surface area contributed by atoms with Crippen molar-refractivity contribution in [3.05, 3.63) is 47.4 Å². The van der Waals surface area contributed by atoms with Crippen LogP contribution in [0.3, 0.4) is 0 Å². The van der Waals surface area contributed by atoms with E-state index in [1.807, 2.05) is 31.7 Å². The number of thioether (sulfide) groups is 1. The Morgan fingerprint density at radius 1 is 1.21 bits per heavy atom. The highest BCUT2D eigenvalue weighted by Crippen LogP contribution is 2.36. The number of carbonyl (C=O) groups is 1. The molecule has 172 valence electrons. The lowest BCUT2D eigenvalue weighted by Gasteiger charge is -2.34. The number of rotatable bonds is 6. The first-order chi connectivity index (χ1) is 15.9. The quantitative estimate of drug-likeness (QED) is 0.513. The van der Waals surface area contributed by atoms with Crippen LogP contribution in [0.2, 0.25) is 0 Å². The number of nitrogens with zero attached hydrogens (tertiary/aromatic N) is 3. The van der Waals surface area contributed by atoms with Crippen molar-refractivity contribution in [1.82, 2.24) is 15.0 Å². The highest BCUT2D eigenvalue weighted by molar-refractivity contribution is 7.99. The zero-order valence-electron chi connectivity index (χ0n) is 18.9. The van der Waals surface area contributed by atoms with Crippen LogP contribution < -0.4 is 15.8 Å². The van der Waals surface area contributed by atoms with E-state index >= 15 is 0 Å². The standard InChI is InChI=1S/C24H27N5O3S/c1-12-11-31-24(30)16-4-5-20(29-22(12)16)28-21-8-17-18(13(2)25)9-27-23(19(17)10-26-21)32-14-6-15(7-14)33-3/h4-5,8-10,12-15H,6-7,11,25H2,1-3H3,(H,26,28,29). The van der Waals surface area contributed by atoms with Crippen molar-refractivity contribution in [3.63, 3.8) is 0 Å². The van der Waals surface area contributed by atoms with Crippen molar-refractivity contribution in [2.75, 3.05) is 18.2 Å². The van der Waals surface area contributed by atoms with Crippen LogP contribution in [-0.4, -0.2) is 45.1 Å². The lowest BCUT2D eigenvalue weighted by atomic mass is 9.95. The number of fused-ring (bicyclic) bond motifs is 2. The van der Waals surface area contributed by atoms with Crippen LogP contribution in [-0.2, 0) is 4.74 Å². The molecule has 0 bridgehead atoms. The highest BCUT2D eigenvalue weighted by Gasteiger charge is 2.31. The summed E-state index contributed by atoms with van der Waals surface area (Å²) in [6.07, 6.45) is 7.94. The van der Waals surface area contributed by atoms with E-state index in [2.05, 4.69) is 26.5 Å². The lowest BCUT2D eigenvalue weighted by molar-refractivity contribution is 0.0445. The van der Waals surface area contributed by atoms with Gasteiger partial charge in [0.2, 0.25) is 5.88 Å². The van der Waals surface area contributed by atoms with E-state index < -0.39 is 0 Å². The normalized spacial score (nSPS) is 22.8. The first kappa shape index (κ1) is 21.9. The number of anilines is 2. The summed E-state index contributed by atoms with van der Waals surface area (Å²) in [5.74, 6) is 1.55. The molecule has 3 aromatic rings. The van der Waals surface area contributed by atoms with Gasteiger partial charge in [0, 0.05) is 29.6 Å². The van der Waals surface area contributed by atoms with Crippen LogP contribution in [0.5, 0.6) is 5.88 Å². The molecule has 0 radical (unpaired) electrons. The molecule has 1 aliphatic heterocycles. The third kappa shape index (κ3) is 4.22. The van der Waals surface area contributed by atoms with Gasteiger partial charge in [-0.2, -0.15) is 11.8 Å². The summed E-state index contributed by atoms with van der Waals surface area (Å²) >= 11 is 1.88. The minimum atomic E-state index is -0.331. The number of pyridine rings is 3. The average Bonchev–Trinajstić information content (AvgIpc) is 2.78. The van der Waals surface area contributed by atoms with Crippen LogP contribution in [0.4, 0.5) is 11.6 Å². The van der Waals surface area contributed by atoms with Crippen LogP contribution in [0, 0.1) is 0 Å². The molecule has 0 aromatic carbocycles. The first-order valence-corrected chi connectivity index (χ1v) is 12.4. The van der Waals surface area contributed by atoms with E-state index in [1.54, 1.807) is 24.5 Å². The highest BCUT2D eigenvalue weighted by atomic mass is 32.2. The van der Waals surface area contributed by atoms with Gasteiger partial charge in [0.1, 0.15) is 17.7 Å². The molecular weight excluding hydrogens is 438 g/mol. The number of cyclic esters (lactones) is 1. The second kappa shape index (κ2) is 8.79. The molecule has 0 spiro atoms. The molecule has 1 aliphatic carbocycles. The summed E-state index contributed by atoms with van der Waals surface area (Å²) in [6, 6.07) is 5.26. The van der Waals surface area contributed by atoms with Gasteiger partial charge in [-0.05, 0) is 55.2 Å². The fourth-order valence-electron chi connectivity index (χ4n) is 4.20. The zero-order chi connectivity index (χ0) is 23.1. The number of hydrogen-bond donors (Lipinski definition) is 2. The van der Waals surface area contributed by atoms with E-state index in [1.165, 1.54) is 0 Å². The minimum absolute atomic E-state index is 0.0386. The summed E-state index contributed by atoms with van der Waals surface area (Å²) in [7, 11) is 0. The van der Waals surface area contributed by atoms with Crippen molar-refractivity contribution in [2.45, 2.75) is 50.0 Å². The Hall–Kier alpha value is -2.91. The molecule has 1 saturated carbocycles. The fourth-order valence-corrected chi connectivity index (χ4v) is 5.02. The maximum absolute atomic E-state index is 12.0. The molecule has 1 fully saturated rings. The molecule has 8 nitrogen and oxygen atoms in total. The van der Waals surface area contributed by atoms with Gasteiger partial charge in [-0.1, -0.05) is 6.92 Å². The Kier molecular flexibility index (Phi) is 5.84. The third-order valence-corrected chi connectivity index (χ3v) is 7.30. The van der Waals surface area contributed by atoms with E-state index in [4.69, 9.17) is 15.2 Å². The number of esters is 1. The number of hydrogen-bond acceptors (Lipinski definition) is 9. The Balaban J connectivity index is 1.45. The van der Waals surface area contributed by atoms with Crippen LogP contribution >= 0.6 is 11.8 Å². The van der Waals surface area contributed by atoms with Crippen molar-refractivity contribution >= 4 is 40.1 Å². The second-order valence-corrected chi connectivity index (χ2v) is 9.88. The van der Waals surface area contributed by atoms with Crippen molar-refractivity contribution in [1.29, 1.82) is 0 Å². The molecule has 5 rings (SSSR count). The Bertz CT molecular complexity index is 1210. The topological polar surface area (TPSA) is 112 Å². The molecule has 0 amide bonds. The van der Waals surface area contributed by atoms with Gasteiger partial charge in [0.15, 0.2) is 0 Å². The van der Waals surface area contributed by atoms with Gasteiger partial charge < -0.3 is 20.5 Å². The molecule has 9 heteroatoms. The largest absolute Gasteiger partial charge is 0.474 e. The molecule has 0 saturated heterocycles. The third-order valence-electron chi connectivity index (χ3n) is 6.25. The summed E-state index contributed by atoms with van der Waals surface area (Å²) in [6.45, 7) is 4.26. The number of carbonyl (C=O) groups excluding carboxylic acids is 1. The minimum Gasteiger partial charge on any atom is -0.474 e. The summed E-state index contributed by atoms with van der Waals surface area (Å²) in [5, 5.41) is 5.72.